The van der Waals surface area contributed by atoms with E-state index in [1.165, 1.54) is 6.07 Å². The van der Waals surface area contributed by atoms with Crippen LogP contribution in [-0.4, -0.2) is 11.2 Å². The summed E-state index contributed by atoms with van der Waals surface area (Å²) in [6, 6.07) is 3.05. The van der Waals surface area contributed by atoms with Crippen molar-refractivity contribution in [3.8, 4) is 0 Å². The number of carbonyl (C=O) groups excluding carboxylic acids is 1. The lowest BCUT2D eigenvalue weighted by Crippen LogP contribution is -1.80. The third kappa shape index (κ3) is 2.48. The Morgan fingerprint density at radius 3 is 2.77 bits per heavy atom. The maximum atomic E-state index is 10.3. The predicted molar refractivity (Wildman–Crippen MR) is 50.7 cm³/mol. The van der Waals surface area contributed by atoms with Crippen LogP contribution in [0.3, 0.4) is 0 Å². The molecule has 0 aliphatic carbocycles. The third-order valence-electron chi connectivity index (χ3n) is 1.35. The Morgan fingerprint density at radius 2 is 2.31 bits per heavy atom. The molecule has 13 heavy (non-hydrogen) atoms. The monoisotopic (exact) mass is 197 g/mol. The number of rotatable bonds is 3. The van der Waals surface area contributed by atoms with Gasteiger partial charge in [-0.1, -0.05) is 11.3 Å². The van der Waals surface area contributed by atoms with Crippen molar-refractivity contribution in [2.24, 2.45) is 0 Å². The van der Waals surface area contributed by atoms with Crippen molar-refractivity contribution in [3.05, 3.63) is 32.7 Å². The Balaban J connectivity index is 2.92. The zero-order valence-corrected chi connectivity index (χ0v) is 7.71. The zero-order valence-electron chi connectivity index (χ0n) is 6.89. The molecular weight excluding hydrogens is 190 g/mol. The van der Waals surface area contributed by atoms with Gasteiger partial charge in [0.05, 0.1) is 4.92 Å². The molecule has 0 bridgehead atoms. The van der Waals surface area contributed by atoms with Crippen LogP contribution in [0.5, 0.6) is 0 Å². The molecule has 0 atom stereocenters. The van der Waals surface area contributed by atoms with Gasteiger partial charge in [0.15, 0.2) is 0 Å². The highest BCUT2D eigenvalue weighted by Crippen LogP contribution is 2.25. The first kappa shape index (κ1) is 9.60. The Kier molecular flexibility index (Phi) is 2.92. The SMILES string of the molecule is C/C(C=O)=C/c1ccc([N+](=O)[O-])s1. The topological polar surface area (TPSA) is 60.2 Å². The van der Waals surface area contributed by atoms with Crippen LogP contribution in [0.1, 0.15) is 11.8 Å². The molecule has 0 aliphatic heterocycles. The highest BCUT2D eigenvalue weighted by molar-refractivity contribution is 7.16. The molecule has 0 aliphatic rings. The summed E-state index contributed by atoms with van der Waals surface area (Å²) in [6.45, 7) is 1.65. The van der Waals surface area contributed by atoms with Gasteiger partial charge in [-0.2, -0.15) is 0 Å². The molecule has 4 nitrogen and oxygen atoms in total. The molecule has 1 aromatic rings. The van der Waals surface area contributed by atoms with Gasteiger partial charge in [-0.3, -0.25) is 14.9 Å². The molecule has 1 aromatic heterocycles. The van der Waals surface area contributed by atoms with Crippen molar-refractivity contribution in [2.45, 2.75) is 6.92 Å². The summed E-state index contributed by atoms with van der Waals surface area (Å²) in [7, 11) is 0. The first-order chi connectivity index (χ1) is 6.13. The van der Waals surface area contributed by atoms with E-state index in [2.05, 4.69) is 0 Å². The van der Waals surface area contributed by atoms with Crippen LogP contribution in [0, 0.1) is 10.1 Å². The van der Waals surface area contributed by atoms with E-state index in [-0.39, 0.29) is 5.00 Å². The summed E-state index contributed by atoms with van der Waals surface area (Å²) in [5, 5.41) is 10.4. The van der Waals surface area contributed by atoms with Crippen LogP contribution in [0.4, 0.5) is 5.00 Å². The van der Waals surface area contributed by atoms with Gasteiger partial charge < -0.3 is 0 Å². The second-order valence-electron chi connectivity index (χ2n) is 2.44. The smallest absolute Gasteiger partial charge is 0.298 e. The van der Waals surface area contributed by atoms with Gasteiger partial charge in [-0.15, -0.1) is 0 Å². The van der Waals surface area contributed by atoms with E-state index < -0.39 is 4.92 Å². The van der Waals surface area contributed by atoms with E-state index in [1.807, 2.05) is 0 Å². The van der Waals surface area contributed by atoms with Gasteiger partial charge in [-0.05, 0) is 24.6 Å². The number of thiophene rings is 1. The van der Waals surface area contributed by atoms with E-state index in [1.54, 1.807) is 19.1 Å². The average molecular weight is 197 g/mol. The number of hydrogen-bond acceptors (Lipinski definition) is 4. The first-order valence-electron chi connectivity index (χ1n) is 3.51. The first-order valence-corrected chi connectivity index (χ1v) is 4.33. The van der Waals surface area contributed by atoms with Gasteiger partial charge >= 0.3 is 5.00 Å². The summed E-state index contributed by atoms with van der Waals surface area (Å²) < 4.78 is 0. The summed E-state index contributed by atoms with van der Waals surface area (Å²) in [6.07, 6.45) is 2.33. The minimum Gasteiger partial charge on any atom is -0.298 e. The second-order valence-corrected chi connectivity index (χ2v) is 3.53. The Morgan fingerprint density at radius 1 is 1.62 bits per heavy atom. The quantitative estimate of drug-likeness (QED) is 0.323. The van der Waals surface area contributed by atoms with E-state index in [0.29, 0.717) is 11.9 Å². The van der Waals surface area contributed by atoms with Crippen molar-refractivity contribution in [1.29, 1.82) is 0 Å². The number of allylic oxidation sites excluding steroid dienone is 1. The van der Waals surface area contributed by atoms with E-state index in [9.17, 15) is 14.9 Å². The van der Waals surface area contributed by atoms with Gasteiger partial charge in [0, 0.05) is 10.9 Å². The molecule has 0 aromatic carbocycles. The van der Waals surface area contributed by atoms with Crippen LogP contribution in [0.25, 0.3) is 6.08 Å². The molecule has 68 valence electrons. The lowest BCUT2D eigenvalue weighted by Gasteiger charge is -1.84. The van der Waals surface area contributed by atoms with Crippen LogP contribution in [0.2, 0.25) is 0 Å². The van der Waals surface area contributed by atoms with Crippen molar-refractivity contribution < 1.29 is 9.72 Å². The molecule has 5 heteroatoms. The Labute approximate surface area is 78.7 Å². The third-order valence-corrected chi connectivity index (χ3v) is 2.33. The summed E-state index contributed by atoms with van der Waals surface area (Å²) >= 11 is 1.05. The number of hydrogen-bond donors (Lipinski definition) is 0. The molecule has 0 saturated carbocycles. The van der Waals surface area contributed by atoms with Gasteiger partial charge in [0.2, 0.25) is 0 Å². The molecule has 1 rings (SSSR count). The molecule has 0 unspecified atom stereocenters. The van der Waals surface area contributed by atoms with Gasteiger partial charge in [0.25, 0.3) is 0 Å². The number of carbonyl (C=O) groups is 1. The molecule has 0 spiro atoms. The number of nitrogens with zero attached hydrogens (tertiary/aromatic N) is 1. The molecule has 0 fully saturated rings. The molecule has 1 heterocycles. The maximum absolute atomic E-state index is 10.3. The number of aldehydes is 1. The lowest BCUT2D eigenvalue weighted by molar-refractivity contribution is -0.380. The Hall–Kier alpha value is -1.49. The fourth-order valence-electron chi connectivity index (χ4n) is 0.776. The van der Waals surface area contributed by atoms with E-state index in [4.69, 9.17) is 0 Å². The fourth-order valence-corrected chi connectivity index (χ4v) is 1.61. The normalized spacial score (nSPS) is 11.3. The van der Waals surface area contributed by atoms with Crippen LogP contribution in [-0.2, 0) is 4.79 Å². The summed E-state index contributed by atoms with van der Waals surface area (Å²) in [5.41, 5.74) is 0.553. The van der Waals surface area contributed by atoms with Gasteiger partial charge in [-0.25, -0.2) is 0 Å². The zero-order chi connectivity index (χ0) is 9.84. The summed E-state index contributed by atoms with van der Waals surface area (Å²) in [5.74, 6) is 0. The largest absolute Gasteiger partial charge is 0.324 e. The van der Waals surface area contributed by atoms with Crippen LogP contribution in [0.15, 0.2) is 17.7 Å². The molecule has 0 N–H and O–H groups in total. The van der Waals surface area contributed by atoms with Crippen LogP contribution < -0.4 is 0 Å². The number of nitro groups is 1. The molecule has 0 saturated heterocycles. The lowest BCUT2D eigenvalue weighted by atomic mass is 10.3. The molecular formula is C8H7NO3S. The van der Waals surface area contributed by atoms with E-state index >= 15 is 0 Å². The van der Waals surface area contributed by atoms with Crippen molar-refractivity contribution in [1.82, 2.24) is 0 Å². The Bertz CT molecular complexity index is 367. The minimum absolute atomic E-state index is 0.0879. The standard InChI is InChI=1S/C8H7NO3S/c1-6(5-10)4-7-2-3-8(13-7)9(11)12/h2-5H,1H3/b6-4-. The fraction of sp³-hybridized carbons (Fsp3) is 0.125. The maximum Gasteiger partial charge on any atom is 0.324 e. The van der Waals surface area contributed by atoms with Crippen molar-refractivity contribution in [2.75, 3.05) is 0 Å². The predicted octanol–water partition coefficient (Wildman–Crippen LogP) is 2.26. The minimum atomic E-state index is -0.446. The van der Waals surface area contributed by atoms with Crippen LogP contribution >= 0.6 is 11.3 Å². The van der Waals surface area contributed by atoms with Gasteiger partial charge in [0.1, 0.15) is 6.29 Å². The molecule has 0 radical (unpaired) electrons. The van der Waals surface area contributed by atoms with Crippen molar-refractivity contribution >= 4 is 28.7 Å². The van der Waals surface area contributed by atoms with Crippen molar-refractivity contribution in [3.63, 3.8) is 0 Å². The summed E-state index contributed by atoms with van der Waals surface area (Å²) in [4.78, 5) is 20.8. The second kappa shape index (κ2) is 3.95. The average Bonchev–Trinajstić information content (AvgIpc) is 2.52. The molecule has 0 amide bonds. The highest BCUT2D eigenvalue weighted by Gasteiger charge is 2.07. The van der Waals surface area contributed by atoms with E-state index in [0.717, 1.165) is 16.2 Å². The highest BCUT2D eigenvalue weighted by atomic mass is 32.1.